The van der Waals surface area contributed by atoms with Gasteiger partial charge in [-0.15, -0.1) is 0 Å². The van der Waals surface area contributed by atoms with Gasteiger partial charge < -0.3 is 16.0 Å². The van der Waals surface area contributed by atoms with E-state index in [2.05, 4.69) is 16.0 Å². The molecule has 2 atom stereocenters. The van der Waals surface area contributed by atoms with Gasteiger partial charge in [0.15, 0.2) is 0 Å². The van der Waals surface area contributed by atoms with Gasteiger partial charge in [0.05, 0.1) is 11.1 Å². The van der Waals surface area contributed by atoms with Gasteiger partial charge in [0.2, 0.25) is 17.7 Å². The second-order valence-corrected chi connectivity index (χ2v) is 8.86. The first-order valence-corrected chi connectivity index (χ1v) is 11.5. The second kappa shape index (κ2) is 11.4. The summed E-state index contributed by atoms with van der Waals surface area (Å²) in [5.74, 6) is -2.55. The van der Waals surface area contributed by atoms with E-state index in [1.807, 2.05) is 44.2 Å². The zero-order valence-electron chi connectivity index (χ0n) is 20.0. The SMILES string of the molecule is CNC(=O)[C@H](Cc1ccccc1)NC(=O)[C@H](CC(C)C)NC(=O)CN1C(=O)c2ccccc2C1=O. The predicted octanol–water partition coefficient (Wildman–Crippen LogP) is 1.29. The van der Waals surface area contributed by atoms with Crippen molar-refractivity contribution in [2.75, 3.05) is 13.6 Å². The first kappa shape index (κ1) is 25.6. The molecule has 1 aliphatic heterocycles. The molecule has 9 heteroatoms. The van der Waals surface area contributed by atoms with Crippen molar-refractivity contribution in [1.29, 1.82) is 0 Å². The van der Waals surface area contributed by atoms with E-state index in [0.717, 1.165) is 10.5 Å². The number of amides is 5. The van der Waals surface area contributed by atoms with E-state index in [4.69, 9.17) is 0 Å². The molecule has 0 aliphatic carbocycles. The van der Waals surface area contributed by atoms with Crippen LogP contribution in [-0.2, 0) is 20.8 Å². The van der Waals surface area contributed by atoms with E-state index >= 15 is 0 Å². The van der Waals surface area contributed by atoms with Crippen LogP contribution >= 0.6 is 0 Å². The van der Waals surface area contributed by atoms with Crippen LogP contribution in [0, 0.1) is 5.92 Å². The van der Waals surface area contributed by atoms with Crippen LogP contribution in [-0.4, -0.2) is 60.1 Å². The van der Waals surface area contributed by atoms with E-state index in [0.29, 0.717) is 6.42 Å². The number of likely N-dealkylation sites (N-methyl/N-ethyl adjacent to an activating group) is 1. The molecule has 3 N–H and O–H groups in total. The normalized spacial score (nSPS) is 14.3. The molecule has 0 aromatic heterocycles. The number of nitrogens with one attached hydrogen (secondary N) is 3. The molecule has 0 saturated carbocycles. The Balaban J connectivity index is 1.69. The number of hydrogen-bond acceptors (Lipinski definition) is 5. The standard InChI is InChI=1S/C26H30N4O5/c1-16(2)13-20(24(33)29-21(23(32)27-3)14-17-9-5-4-6-10-17)28-22(31)15-30-25(34)18-11-7-8-12-19(18)26(30)35/h4-12,16,20-21H,13-15H2,1-3H3,(H,27,32)(H,28,31)(H,29,33)/t20-,21-/m0/s1. The molecule has 0 radical (unpaired) electrons. The monoisotopic (exact) mass is 478 g/mol. The third-order valence-electron chi connectivity index (χ3n) is 5.70. The fourth-order valence-corrected chi connectivity index (χ4v) is 3.97. The van der Waals surface area contributed by atoms with Crippen LogP contribution in [0.5, 0.6) is 0 Å². The number of hydrogen-bond donors (Lipinski definition) is 3. The van der Waals surface area contributed by atoms with Gasteiger partial charge in [0, 0.05) is 13.5 Å². The van der Waals surface area contributed by atoms with Gasteiger partial charge in [0.1, 0.15) is 18.6 Å². The van der Waals surface area contributed by atoms with Crippen molar-refractivity contribution in [1.82, 2.24) is 20.9 Å². The summed E-state index contributed by atoms with van der Waals surface area (Å²) in [6, 6.07) is 13.9. The van der Waals surface area contributed by atoms with Gasteiger partial charge in [-0.25, -0.2) is 0 Å². The number of carbonyl (C=O) groups excluding carboxylic acids is 5. The molecule has 1 heterocycles. The maximum absolute atomic E-state index is 13.1. The molecule has 0 unspecified atom stereocenters. The lowest BCUT2D eigenvalue weighted by Gasteiger charge is -2.24. The van der Waals surface area contributed by atoms with E-state index in [1.165, 1.54) is 19.2 Å². The van der Waals surface area contributed by atoms with Crippen LogP contribution < -0.4 is 16.0 Å². The number of carbonyl (C=O) groups is 5. The van der Waals surface area contributed by atoms with Crippen molar-refractivity contribution >= 4 is 29.5 Å². The average molecular weight is 479 g/mol. The molecule has 0 saturated heterocycles. The molecule has 1 aliphatic rings. The van der Waals surface area contributed by atoms with Crippen molar-refractivity contribution in [2.45, 2.75) is 38.8 Å². The highest BCUT2D eigenvalue weighted by Crippen LogP contribution is 2.22. The summed E-state index contributed by atoms with van der Waals surface area (Å²) < 4.78 is 0. The summed E-state index contributed by atoms with van der Waals surface area (Å²) in [4.78, 5) is 64.4. The molecule has 184 valence electrons. The molecular weight excluding hydrogens is 448 g/mol. The van der Waals surface area contributed by atoms with Crippen molar-refractivity contribution in [3.05, 3.63) is 71.3 Å². The Labute approximate surface area is 204 Å². The van der Waals surface area contributed by atoms with Crippen molar-refractivity contribution in [3.63, 3.8) is 0 Å². The molecule has 2 aromatic rings. The molecule has 35 heavy (non-hydrogen) atoms. The molecule has 2 aromatic carbocycles. The van der Waals surface area contributed by atoms with Crippen molar-refractivity contribution in [2.24, 2.45) is 5.92 Å². The number of rotatable bonds is 10. The zero-order chi connectivity index (χ0) is 25.5. The number of imide groups is 1. The first-order valence-electron chi connectivity index (χ1n) is 11.5. The second-order valence-electron chi connectivity index (χ2n) is 8.86. The highest BCUT2D eigenvalue weighted by molar-refractivity contribution is 6.22. The minimum absolute atomic E-state index is 0.0536. The van der Waals surface area contributed by atoms with Gasteiger partial charge in [-0.2, -0.15) is 0 Å². The maximum atomic E-state index is 13.1. The molecule has 0 fully saturated rings. The Hall–Kier alpha value is -4.01. The molecule has 9 nitrogen and oxygen atoms in total. The summed E-state index contributed by atoms with van der Waals surface area (Å²) in [7, 11) is 1.49. The number of benzene rings is 2. The Bertz CT molecular complexity index is 1080. The number of nitrogens with zero attached hydrogens (tertiary/aromatic N) is 1. The largest absolute Gasteiger partial charge is 0.357 e. The van der Waals surface area contributed by atoms with Gasteiger partial charge in [-0.3, -0.25) is 28.9 Å². The summed E-state index contributed by atoms with van der Waals surface area (Å²) in [6.45, 7) is 3.30. The first-order chi connectivity index (χ1) is 16.7. The van der Waals surface area contributed by atoms with Crippen LogP contribution in [0.4, 0.5) is 0 Å². The smallest absolute Gasteiger partial charge is 0.262 e. The summed E-state index contributed by atoms with van der Waals surface area (Å²) in [5.41, 5.74) is 1.36. The summed E-state index contributed by atoms with van der Waals surface area (Å²) in [5, 5.41) is 7.93. The average Bonchev–Trinajstić information content (AvgIpc) is 3.08. The Morgan fingerprint density at radius 1 is 0.800 bits per heavy atom. The van der Waals surface area contributed by atoms with E-state index in [-0.39, 0.29) is 29.4 Å². The highest BCUT2D eigenvalue weighted by Gasteiger charge is 2.37. The summed E-state index contributed by atoms with van der Waals surface area (Å²) >= 11 is 0. The van der Waals surface area contributed by atoms with E-state index < -0.39 is 42.3 Å². The van der Waals surface area contributed by atoms with Crippen LogP contribution in [0.25, 0.3) is 0 Å². The molecule has 0 spiro atoms. The van der Waals surface area contributed by atoms with Crippen molar-refractivity contribution < 1.29 is 24.0 Å². The van der Waals surface area contributed by atoms with Gasteiger partial charge >= 0.3 is 0 Å². The fourth-order valence-electron chi connectivity index (χ4n) is 3.97. The van der Waals surface area contributed by atoms with E-state index in [1.54, 1.807) is 12.1 Å². The van der Waals surface area contributed by atoms with Crippen LogP contribution in [0.3, 0.4) is 0 Å². The lowest BCUT2D eigenvalue weighted by Crippen LogP contribution is -2.55. The third kappa shape index (κ3) is 6.32. The Morgan fingerprint density at radius 2 is 1.37 bits per heavy atom. The quantitative estimate of drug-likeness (QED) is 0.444. The fraction of sp³-hybridized carbons (Fsp3) is 0.346. The minimum atomic E-state index is -0.944. The topological polar surface area (TPSA) is 125 Å². The van der Waals surface area contributed by atoms with Crippen LogP contribution in [0.2, 0.25) is 0 Å². The Morgan fingerprint density at radius 3 is 1.91 bits per heavy atom. The van der Waals surface area contributed by atoms with Crippen molar-refractivity contribution in [3.8, 4) is 0 Å². The molecule has 3 rings (SSSR count). The third-order valence-corrected chi connectivity index (χ3v) is 5.70. The minimum Gasteiger partial charge on any atom is -0.357 e. The molecular formula is C26H30N4O5. The van der Waals surface area contributed by atoms with Crippen LogP contribution in [0.1, 0.15) is 46.5 Å². The van der Waals surface area contributed by atoms with Gasteiger partial charge in [0.25, 0.3) is 11.8 Å². The summed E-state index contributed by atoms with van der Waals surface area (Å²) in [6.07, 6.45) is 0.592. The maximum Gasteiger partial charge on any atom is 0.262 e. The Kier molecular flexibility index (Phi) is 8.35. The number of fused-ring (bicyclic) bond motifs is 1. The highest BCUT2D eigenvalue weighted by atomic mass is 16.2. The molecule has 0 bridgehead atoms. The van der Waals surface area contributed by atoms with Gasteiger partial charge in [-0.1, -0.05) is 56.3 Å². The van der Waals surface area contributed by atoms with E-state index in [9.17, 15) is 24.0 Å². The van der Waals surface area contributed by atoms with Crippen LogP contribution in [0.15, 0.2) is 54.6 Å². The lowest BCUT2D eigenvalue weighted by molar-refractivity contribution is -0.132. The zero-order valence-corrected chi connectivity index (χ0v) is 20.0. The predicted molar refractivity (Wildman–Crippen MR) is 129 cm³/mol. The van der Waals surface area contributed by atoms with Gasteiger partial charge in [-0.05, 0) is 30.0 Å². The molecule has 5 amide bonds. The lowest BCUT2D eigenvalue weighted by atomic mass is 10.0.